The summed E-state index contributed by atoms with van der Waals surface area (Å²) < 4.78 is 39.9. The van der Waals surface area contributed by atoms with E-state index >= 15 is 0 Å². The van der Waals surface area contributed by atoms with E-state index in [2.05, 4.69) is 0 Å². The number of aryl methyl sites for hydroxylation is 1. The average Bonchev–Trinajstić information content (AvgIpc) is 2.26. The fourth-order valence-electron chi connectivity index (χ4n) is 1.56. The van der Waals surface area contributed by atoms with Crippen LogP contribution in [0, 0.1) is 24.4 Å². The van der Waals surface area contributed by atoms with Gasteiger partial charge in [0.25, 0.3) is 0 Å². The molecular weight excluding hydrogens is 213 g/mol. The van der Waals surface area contributed by atoms with Gasteiger partial charge in [-0.2, -0.15) is 0 Å². The van der Waals surface area contributed by atoms with E-state index in [9.17, 15) is 13.2 Å². The maximum absolute atomic E-state index is 13.5. The lowest BCUT2D eigenvalue weighted by Crippen LogP contribution is -1.92. The van der Waals surface area contributed by atoms with Crippen LogP contribution in [-0.4, -0.2) is 0 Å². The normalized spacial score (nSPS) is 10.5. The van der Waals surface area contributed by atoms with Gasteiger partial charge in [-0.25, -0.2) is 13.2 Å². The van der Waals surface area contributed by atoms with Crippen LogP contribution in [-0.2, 0) is 0 Å². The molecule has 0 aliphatic carbocycles. The molecule has 0 atom stereocenters. The number of hydrogen-bond acceptors (Lipinski definition) is 0. The monoisotopic (exact) mass is 222 g/mol. The second kappa shape index (κ2) is 4.00. The van der Waals surface area contributed by atoms with E-state index in [1.807, 2.05) is 0 Å². The van der Waals surface area contributed by atoms with Gasteiger partial charge in [0.15, 0.2) is 11.6 Å². The third-order valence-corrected chi connectivity index (χ3v) is 2.36. The van der Waals surface area contributed by atoms with Crippen molar-refractivity contribution < 1.29 is 13.2 Å². The molecular formula is C13H9F3. The Kier molecular flexibility index (Phi) is 2.69. The Morgan fingerprint density at radius 1 is 0.812 bits per heavy atom. The van der Waals surface area contributed by atoms with Crippen molar-refractivity contribution in [3.63, 3.8) is 0 Å². The van der Waals surface area contributed by atoms with Crippen LogP contribution in [0.25, 0.3) is 11.1 Å². The molecule has 0 saturated carbocycles. The Balaban J connectivity index is 2.67. The van der Waals surface area contributed by atoms with Crippen molar-refractivity contribution in [1.82, 2.24) is 0 Å². The highest BCUT2D eigenvalue weighted by atomic mass is 19.2. The Labute approximate surface area is 91.4 Å². The van der Waals surface area contributed by atoms with Crippen LogP contribution in [0.4, 0.5) is 13.2 Å². The molecule has 0 unspecified atom stereocenters. The van der Waals surface area contributed by atoms with Crippen LogP contribution in [0.3, 0.4) is 0 Å². The molecule has 16 heavy (non-hydrogen) atoms. The smallest absolute Gasteiger partial charge is 0.166 e. The SMILES string of the molecule is Cc1ccc(F)c(-c2cccc(F)c2F)c1. The highest BCUT2D eigenvalue weighted by Gasteiger charge is 2.13. The zero-order valence-corrected chi connectivity index (χ0v) is 8.60. The van der Waals surface area contributed by atoms with Crippen molar-refractivity contribution >= 4 is 0 Å². The summed E-state index contributed by atoms with van der Waals surface area (Å²) in [6, 6.07) is 8.04. The van der Waals surface area contributed by atoms with Gasteiger partial charge in [0.1, 0.15) is 5.82 Å². The standard InChI is InChI=1S/C13H9F3/c1-8-5-6-11(14)10(7-8)9-3-2-4-12(15)13(9)16/h2-7H,1H3. The third kappa shape index (κ3) is 1.81. The van der Waals surface area contributed by atoms with Crippen molar-refractivity contribution in [1.29, 1.82) is 0 Å². The van der Waals surface area contributed by atoms with E-state index in [1.54, 1.807) is 13.0 Å². The van der Waals surface area contributed by atoms with E-state index in [0.29, 0.717) is 0 Å². The molecule has 0 amide bonds. The molecule has 0 N–H and O–H groups in total. The van der Waals surface area contributed by atoms with E-state index in [4.69, 9.17) is 0 Å². The molecule has 82 valence electrons. The van der Waals surface area contributed by atoms with E-state index in [0.717, 1.165) is 11.6 Å². The molecule has 0 aliphatic rings. The highest BCUT2D eigenvalue weighted by molar-refractivity contribution is 5.65. The van der Waals surface area contributed by atoms with Crippen LogP contribution in [0.2, 0.25) is 0 Å². The predicted molar refractivity (Wildman–Crippen MR) is 56.5 cm³/mol. The quantitative estimate of drug-likeness (QED) is 0.682. The first-order chi connectivity index (χ1) is 7.59. The molecule has 2 aromatic rings. The molecule has 0 nitrogen and oxygen atoms in total. The second-order valence-electron chi connectivity index (χ2n) is 3.58. The summed E-state index contributed by atoms with van der Waals surface area (Å²) in [7, 11) is 0. The van der Waals surface area contributed by atoms with Crippen LogP contribution < -0.4 is 0 Å². The molecule has 2 aromatic carbocycles. The topological polar surface area (TPSA) is 0 Å². The zero-order valence-electron chi connectivity index (χ0n) is 8.60. The minimum atomic E-state index is -1.02. The van der Waals surface area contributed by atoms with Crippen LogP contribution >= 0.6 is 0 Å². The molecule has 3 heteroatoms. The van der Waals surface area contributed by atoms with Gasteiger partial charge in [0, 0.05) is 11.1 Å². The molecule has 0 aliphatic heterocycles. The Morgan fingerprint density at radius 2 is 1.56 bits per heavy atom. The Morgan fingerprint density at radius 3 is 2.31 bits per heavy atom. The summed E-state index contributed by atoms with van der Waals surface area (Å²) in [5, 5.41) is 0. The fraction of sp³-hybridized carbons (Fsp3) is 0.0769. The lowest BCUT2D eigenvalue weighted by Gasteiger charge is -2.06. The van der Waals surface area contributed by atoms with Crippen LogP contribution in [0.5, 0.6) is 0 Å². The molecule has 0 spiro atoms. The van der Waals surface area contributed by atoms with Crippen LogP contribution in [0.15, 0.2) is 36.4 Å². The van der Waals surface area contributed by atoms with Crippen molar-refractivity contribution in [2.75, 3.05) is 0 Å². The second-order valence-corrected chi connectivity index (χ2v) is 3.58. The molecule has 0 radical (unpaired) electrons. The van der Waals surface area contributed by atoms with Gasteiger partial charge < -0.3 is 0 Å². The summed E-state index contributed by atoms with van der Waals surface area (Å²) in [5.41, 5.74) is 0.818. The van der Waals surface area contributed by atoms with Gasteiger partial charge in [-0.15, -0.1) is 0 Å². The summed E-state index contributed by atoms with van der Waals surface area (Å²) in [6.07, 6.45) is 0. The first kappa shape index (κ1) is 10.7. The largest absolute Gasteiger partial charge is 0.206 e. The van der Waals surface area contributed by atoms with Crippen molar-refractivity contribution in [3.05, 3.63) is 59.4 Å². The van der Waals surface area contributed by atoms with Gasteiger partial charge in [0.2, 0.25) is 0 Å². The maximum atomic E-state index is 13.5. The van der Waals surface area contributed by atoms with Gasteiger partial charge in [-0.1, -0.05) is 23.8 Å². The van der Waals surface area contributed by atoms with E-state index < -0.39 is 17.5 Å². The van der Waals surface area contributed by atoms with Crippen molar-refractivity contribution in [2.45, 2.75) is 6.92 Å². The van der Waals surface area contributed by atoms with Crippen molar-refractivity contribution in [3.8, 4) is 11.1 Å². The Bertz CT molecular complexity index is 533. The van der Waals surface area contributed by atoms with E-state index in [1.165, 1.54) is 24.3 Å². The summed E-state index contributed by atoms with van der Waals surface area (Å²) in [4.78, 5) is 0. The molecule has 2 rings (SSSR count). The number of rotatable bonds is 1. The summed E-state index contributed by atoms with van der Waals surface area (Å²) in [6.45, 7) is 1.76. The fourth-order valence-corrected chi connectivity index (χ4v) is 1.56. The summed E-state index contributed by atoms with van der Waals surface area (Å²) in [5.74, 6) is -2.56. The minimum Gasteiger partial charge on any atom is -0.206 e. The van der Waals surface area contributed by atoms with E-state index in [-0.39, 0.29) is 11.1 Å². The minimum absolute atomic E-state index is 0.0544. The van der Waals surface area contributed by atoms with Gasteiger partial charge >= 0.3 is 0 Å². The molecule has 0 fully saturated rings. The average molecular weight is 222 g/mol. The van der Waals surface area contributed by atoms with Crippen LogP contribution in [0.1, 0.15) is 5.56 Å². The first-order valence-corrected chi connectivity index (χ1v) is 4.80. The number of halogens is 3. The number of benzene rings is 2. The molecule has 0 aromatic heterocycles. The lowest BCUT2D eigenvalue weighted by molar-refractivity contribution is 0.510. The van der Waals surface area contributed by atoms with Gasteiger partial charge in [-0.3, -0.25) is 0 Å². The highest BCUT2D eigenvalue weighted by Crippen LogP contribution is 2.27. The van der Waals surface area contributed by atoms with Gasteiger partial charge in [-0.05, 0) is 25.1 Å². The van der Waals surface area contributed by atoms with Crippen molar-refractivity contribution in [2.24, 2.45) is 0 Å². The first-order valence-electron chi connectivity index (χ1n) is 4.80. The third-order valence-electron chi connectivity index (χ3n) is 2.36. The molecule has 0 bridgehead atoms. The summed E-state index contributed by atoms with van der Waals surface area (Å²) >= 11 is 0. The Hall–Kier alpha value is -1.77. The lowest BCUT2D eigenvalue weighted by atomic mass is 10.0. The predicted octanol–water partition coefficient (Wildman–Crippen LogP) is 4.08. The maximum Gasteiger partial charge on any atom is 0.166 e. The molecule has 0 heterocycles. The molecule has 0 saturated heterocycles. The zero-order chi connectivity index (χ0) is 11.7. The number of hydrogen-bond donors (Lipinski definition) is 0. The van der Waals surface area contributed by atoms with Gasteiger partial charge in [0.05, 0.1) is 0 Å².